The molecule has 2 aromatic rings. The standard InChI is InChI=1S/C21H22N4O5/c1-13-12-17(23-30-13)21(29)24-9-6-14(7-10-24)22-18(26)8-11-25-19(27)15-4-2-3-5-16(15)20(25)28/h2-5,12,14H,6-11H2,1H3,(H,22,26). The van der Waals surface area contributed by atoms with Crippen molar-refractivity contribution in [3.63, 3.8) is 0 Å². The highest BCUT2D eigenvalue weighted by Gasteiger charge is 2.35. The minimum absolute atomic E-state index is 0.0427. The van der Waals surface area contributed by atoms with Crippen molar-refractivity contribution in [3.8, 4) is 0 Å². The SMILES string of the molecule is Cc1cc(C(=O)N2CCC(NC(=O)CCN3C(=O)c4ccccc4C3=O)CC2)no1. The lowest BCUT2D eigenvalue weighted by molar-refractivity contribution is -0.122. The van der Waals surface area contributed by atoms with E-state index in [1.807, 2.05) is 0 Å². The Bertz CT molecular complexity index is 971. The summed E-state index contributed by atoms with van der Waals surface area (Å²) in [4.78, 5) is 52.2. The third-order valence-corrected chi connectivity index (χ3v) is 5.44. The maximum Gasteiger partial charge on any atom is 0.276 e. The van der Waals surface area contributed by atoms with E-state index in [9.17, 15) is 19.2 Å². The van der Waals surface area contributed by atoms with Crippen molar-refractivity contribution in [1.82, 2.24) is 20.3 Å². The molecule has 2 aliphatic rings. The number of hydrogen-bond acceptors (Lipinski definition) is 6. The van der Waals surface area contributed by atoms with Crippen LogP contribution in [0.4, 0.5) is 0 Å². The molecule has 0 radical (unpaired) electrons. The van der Waals surface area contributed by atoms with Crippen molar-refractivity contribution in [1.29, 1.82) is 0 Å². The van der Waals surface area contributed by atoms with Crippen molar-refractivity contribution in [2.24, 2.45) is 0 Å². The van der Waals surface area contributed by atoms with Gasteiger partial charge in [0.15, 0.2) is 5.69 Å². The van der Waals surface area contributed by atoms with Gasteiger partial charge in [-0.05, 0) is 31.9 Å². The van der Waals surface area contributed by atoms with Gasteiger partial charge in [0.05, 0.1) is 11.1 Å². The second-order valence-corrected chi connectivity index (χ2v) is 7.51. The number of imide groups is 1. The summed E-state index contributed by atoms with van der Waals surface area (Å²) in [5, 5.41) is 6.69. The smallest absolute Gasteiger partial charge is 0.276 e. The molecule has 1 fully saturated rings. The van der Waals surface area contributed by atoms with E-state index >= 15 is 0 Å². The molecule has 0 bridgehead atoms. The summed E-state index contributed by atoms with van der Waals surface area (Å²) >= 11 is 0. The van der Waals surface area contributed by atoms with E-state index in [1.54, 1.807) is 42.2 Å². The van der Waals surface area contributed by atoms with Crippen LogP contribution in [0.3, 0.4) is 0 Å². The first-order valence-corrected chi connectivity index (χ1v) is 9.91. The van der Waals surface area contributed by atoms with E-state index in [-0.39, 0.29) is 48.3 Å². The van der Waals surface area contributed by atoms with Crippen LogP contribution in [0, 0.1) is 6.92 Å². The number of likely N-dealkylation sites (tertiary alicyclic amines) is 1. The molecule has 0 spiro atoms. The molecule has 0 aliphatic carbocycles. The van der Waals surface area contributed by atoms with E-state index in [2.05, 4.69) is 10.5 Å². The van der Waals surface area contributed by atoms with E-state index in [1.165, 1.54) is 0 Å². The number of hydrogen-bond donors (Lipinski definition) is 1. The van der Waals surface area contributed by atoms with Gasteiger partial charge in [-0.3, -0.25) is 24.1 Å². The first kappa shape index (κ1) is 19.8. The van der Waals surface area contributed by atoms with Crippen molar-refractivity contribution in [2.45, 2.75) is 32.2 Å². The van der Waals surface area contributed by atoms with Gasteiger partial charge in [0, 0.05) is 38.2 Å². The van der Waals surface area contributed by atoms with Crippen molar-refractivity contribution in [2.75, 3.05) is 19.6 Å². The van der Waals surface area contributed by atoms with Crippen molar-refractivity contribution < 1.29 is 23.7 Å². The zero-order valence-corrected chi connectivity index (χ0v) is 16.6. The summed E-state index contributed by atoms with van der Waals surface area (Å²) in [6.07, 6.45) is 1.30. The fourth-order valence-electron chi connectivity index (χ4n) is 3.81. The summed E-state index contributed by atoms with van der Waals surface area (Å²) in [5.74, 6) is -0.541. The fourth-order valence-corrected chi connectivity index (χ4v) is 3.81. The molecular formula is C21H22N4O5. The van der Waals surface area contributed by atoms with Crippen LogP contribution in [0.5, 0.6) is 0 Å². The molecule has 3 heterocycles. The molecule has 0 unspecified atom stereocenters. The van der Waals surface area contributed by atoms with Crippen LogP contribution in [0.1, 0.15) is 56.2 Å². The normalized spacial score (nSPS) is 16.7. The lowest BCUT2D eigenvalue weighted by Crippen LogP contribution is -2.47. The van der Waals surface area contributed by atoms with E-state index in [4.69, 9.17) is 4.52 Å². The number of aromatic nitrogens is 1. The molecule has 9 heteroatoms. The number of piperidine rings is 1. The Labute approximate surface area is 173 Å². The second kappa shape index (κ2) is 8.10. The molecule has 9 nitrogen and oxygen atoms in total. The van der Waals surface area contributed by atoms with Gasteiger partial charge in [0.1, 0.15) is 5.76 Å². The highest BCUT2D eigenvalue weighted by molar-refractivity contribution is 6.21. The van der Waals surface area contributed by atoms with E-state index < -0.39 is 0 Å². The number of aryl methyl sites for hydroxylation is 1. The first-order chi connectivity index (χ1) is 14.4. The predicted octanol–water partition coefficient (Wildman–Crippen LogP) is 1.39. The highest BCUT2D eigenvalue weighted by Crippen LogP contribution is 2.22. The Morgan fingerprint density at radius 2 is 1.77 bits per heavy atom. The minimum Gasteiger partial charge on any atom is -0.361 e. The average Bonchev–Trinajstić information content (AvgIpc) is 3.29. The van der Waals surface area contributed by atoms with Gasteiger partial charge in [-0.25, -0.2) is 0 Å². The Balaban J connectivity index is 1.24. The summed E-state index contributed by atoms with van der Waals surface area (Å²) in [5.41, 5.74) is 1.04. The molecule has 1 saturated heterocycles. The van der Waals surface area contributed by atoms with Crippen LogP contribution >= 0.6 is 0 Å². The van der Waals surface area contributed by atoms with Crippen LogP contribution < -0.4 is 5.32 Å². The van der Waals surface area contributed by atoms with E-state index in [0.29, 0.717) is 42.8 Å². The molecule has 156 valence electrons. The Morgan fingerprint density at radius 1 is 1.13 bits per heavy atom. The number of nitrogens with one attached hydrogen (secondary N) is 1. The maximum atomic E-state index is 12.4. The third kappa shape index (κ3) is 3.83. The van der Waals surface area contributed by atoms with Crippen molar-refractivity contribution >= 4 is 23.6 Å². The molecule has 4 amide bonds. The molecule has 30 heavy (non-hydrogen) atoms. The lowest BCUT2D eigenvalue weighted by Gasteiger charge is -2.32. The van der Waals surface area contributed by atoms with Crippen LogP contribution in [0.25, 0.3) is 0 Å². The van der Waals surface area contributed by atoms with Gasteiger partial charge < -0.3 is 14.7 Å². The number of carbonyl (C=O) groups is 4. The summed E-state index contributed by atoms with van der Waals surface area (Å²) in [6, 6.07) is 8.20. The monoisotopic (exact) mass is 410 g/mol. The summed E-state index contributed by atoms with van der Waals surface area (Å²) < 4.78 is 4.95. The third-order valence-electron chi connectivity index (χ3n) is 5.44. The summed E-state index contributed by atoms with van der Waals surface area (Å²) in [6.45, 7) is 2.79. The zero-order valence-electron chi connectivity index (χ0n) is 16.6. The van der Waals surface area contributed by atoms with Crippen molar-refractivity contribution in [3.05, 3.63) is 52.9 Å². The van der Waals surface area contributed by atoms with Gasteiger partial charge >= 0.3 is 0 Å². The largest absolute Gasteiger partial charge is 0.361 e. The van der Waals surface area contributed by atoms with Gasteiger partial charge in [0.25, 0.3) is 17.7 Å². The van der Waals surface area contributed by atoms with Gasteiger partial charge in [-0.15, -0.1) is 0 Å². The number of rotatable bonds is 5. The molecule has 1 aromatic heterocycles. The molecule has 1 aromatic carbocycles. The lowest BCUT2D eigenvalue weighted by atomic mass is 10.0. The van der Waals surface area contributed by atoms with Crippen LogP contribution in [0.2, 0.25) is 0 Å². The molecule has 1 N–H and O–H groups in total. The highest BCUT2D eigenvalue weighted by atomic mass is 16.5. The average molecular weight is 410 g/mol. The second-order valence-electron chi connectivity index (χ2n) is 7.51. The Hall–Kier alpha value is -3.49. The van der Waals surface area contributed by atoms with Gasteiger partial charge in [0.2, 0.25) is 5.91 Å². The summed E-state index contributed by atoms with van der Waals surface area (Å²) in [7, 11) is 0. The molecule has 2 aliphatic heterocycles. The number of benzene rings is 1. The van der Waals surface area contributed by atoms with Crippen LogP contribution in [-0.4, -0.2) is 64.3 Å². The molecule has 4 rings (SSSR count). The fraction of sp³-hybridized carbons (Fsp3) is 0.381. The molecule has 0 saturated carbocycles. The number of amides is 4. The number of nitrogens with zero attached hydrogens (tertiary/aromatic N) is 3. The number of carbonyl (C=O) groups excluding carboxylic acids is 4. The van der Waals surface area contributed by atoms with Gasteiger partial charge in [-0.1, -0.05) is 17.3 Å². The quantitative estimate of drug-likeness (QED) is 0.746. The maximum absolute atomic E-state index is 12.4. The molecular weight excluding hydrogens is 388 g/mol. The topological polar surface area (TPSA) is 113 Å². The molecule has 0 atom stereocenters. The van der Waals surface area contributed by atoms with Gasteiger partial charge in [-0.2, -0.15) is 0 Å². The van der Waals surface area contributed by atoms with E-state index in [0.717, 1.165) is 4.90 Å². The number of fused-ring (bicyclic) bond motifs is 1. The van der Waals surface area contributed by atoms with Crippen LogP contribution in [-0.2, 0) is 4.79 Å². The minimum atomic E-state index is -0.363. The zero-order chi connectivity index (χ0) is 21.3. The van der Waals surface area contributed by atoms with Crippen LogP contribution in [0.15, 0.2) is 34.9 Å². The first-order valence-electron chi connectivity index (χ1n) is 9.91. The Kier molecular flexibility index (Phi) is 5.35. The Morgan fingerprint density at radius 3 is 2.33 bits per heavy atom. The predicted molar refractivity (Wildman–Crippen MR) is 105 cm³/mol.